The van der Waals surface area contributed by atoms with Crippen LogP contribution in [0.25, 0.3) is 11.3 Å². The monoisotopic (exact) mass is 353 g/mol. The minimum Gasteiger partial charge on any atom is -0.263 e. The van der Waals surface area contributed by atoms with Crippen LogP contribution in [0.15, 0.2) is 65.9 Å². The third-order valence-electron chi connectivity index (χ3n) is 3.19. The van der Waals surface area contributed by atoms with E-state index in [4.69, 9.17) is 12.3 Å². The van der Waals surface area contributed by atoms with Crippen LogP contribution in [0, 0.1) is 5.82 Å². The average molecular weight is 353 g/mol. The number of hydrogen-bond acceptors (Lipinski definition) is 3. The van der Waals surface area contributed by atoms with Gasteiger partial charge in [-0.1, -0.05) is 25.4 Å². The Balaban J connectivity index is 2.35. The molecule has 0 saturated heterocycles. The largest absolute Gasteiger partial charge is 0.269 e. The Labute approximate surface area is 153 Å². The zero-order valence-corrected chi connectivity index (χ0v) is 13.0. The molecule has 0 spiro atoms. The third kappa shape index (κ3) is 2.97. The number of benzene rings is 1. The van der Waals surface area contributed by atoms with Crippen LogP contribution in [-0.4, -0.2) is 17.4 Å². The first-order valence-corrected chi connectivity index (χ1v) is 8.18. The Bertz CT molecular complexity index is 1340. The SMILES string of the molecule is [2H]c1nc([2H])c(S(=O)(=O)n2cc(C([2H])([2H])CC([2H])([2H])[2H])cc2-c2ccccc2F)c([2H])c1[2H]. The highest BCUT2D eigenvalue weighted by atomic mass is 32.2. The molecule has 0 atom stereocenters. The van der Waals surface area contributed by atoms with E-state index >= 15 is 0 Å². The van der Waals surface area contributed by atoms with Gasteiger partial charge in [0.15, 0.2) is 0 Å². The molecule has 1 aromatic carbocycles. The summed E-state index contributed by atoms with van der Waals surface area (Å²) in [7, 11) is -4.92. The second kappa shape index (κ2) is 6.57. The molecule has 24 heavy (non-hydrogen) atoms. The average Bonchev–Trinajstić information content (AvgIpc) is 3.11. The fraction of sp³-hybridized carbons (Fsp3) is 0.167. The second-order valence-electron chi connectivity index (χ2n) is 4.66. The summed E-state index contributed by atoms with van der Waals surface area (Å²) in [6.45, 7) is -2.70. The fourth-order valence-electron chi connectivity index (χ4n) is 2.15. The molecule has 0 bridgehead atoms. The molecule has 3 rings (SSSR count). The molecule has 0 aliphatic rings. The van der Waals surface area contributed by atoms with Crippen LogP contribution < -0.4 is 0 Å². The first-order chi connectivity index (χ1) is 15.1. The van der Waals surface area contributed by atoms with E-state index in [9.17, 15) is 12.8 Å². The lowest BCUT2D eigenvalue weighted by molar-refractivity contribution is 0.587. The summed E-state index contributed by atoms with van der Waals surface area (Å²) in [6, 6.07) is 4.20. The van der Waals surface area contributed by atoms with Gasteiger partial charge in [0.05, 0.1) is 11.2 Å². The smallest absolute Gasteiger partial charge is 0.263 e. The van der Waals surface area contributed by atoms with E-state index in [1.807, 2.05) is 0 Å². The van der Waals surface area contributed by atoms with Gasteiger partial charge in [-0.05, 0) is 42.2 Å². The maximum absolute atomic E-state index is 14.6. The van der Waals surface area contributed by atoms with Gasteiger partial charge in [-0.15, -0.1) is 0 Å². The number of hydrogen-bond donors (Lipinski definition) is 0. The molecule has 0 N–H and O–H groups in total. The van der Waals surface area contributed by atoms with Crippen molar-refractivity contribution >= 4 is 10.0 Å². The van der Waals surface area contributed by atoms with E-state index in [2.05, 4.69) is 4.98 Å². The number of aryl methyl sites for hydroxylation is 1. The second-order valence-corrected chi connectivity index (χ2v) is 6.41. The molecule has 4 nitrogen and oxygen atoms in total. The van der Waals surface area contributed by atoms with Crippen LogP contribution in [-0.2, 0) is 16.4 Å². The van der Waals surface area contributed by atoms with Crippen LogP contribution in [0.3, 0.4) is 0 Å². The van der Waals surface area contributed by atoms with Gasteiger partial charge in [-0.3, -0.25) is 4.98 Å². The lowest BCUT2D eigenvalue weighted by Gasteiger charge is -2.10. The van der Waals surface area contributed by atoms with Crippen molar-refractivity contribution < 1.29 is 25.1 Å². The zero-order chi connectivity index (χ0) is 24.9. The van der Waals surface area contributed by atoms with Gasteiger partial charge < -0.3 is 0 Å². The number of pyridine rings is 1. The molecule has 3 aromatic rings. The highest BCUT2D eigenvalue weighted by Crippen LogP contribution is 2.29. The summed E-state index contributed by atoms with van der Waals surface area (Å²) in [5.41, 5.74) is -1.02. The van der Waals surface area contributed by atoms with Gasteiger partial charge in [0, 0.05) is 31.0 Å². The highest BCUT2D eigenvalue weighted by molar-refractivity contribution is 7.90. The molecule has 0 radical (unpaired) electrons. The third-order valence-corrected chi connectivity index (χ3v) is 4.72. The molecule has 0 unspecified atom stereocenters. The van der Waals surface area contributed by atoms with E-state index in [0.717, 1.165) is 18.3 Å². The lowest BCUT2D eigenvalue weighted by atomic mass is 10.1. The fourth-order valence-corrected chi connectivity index (χ4v) is 3.35. The normalized spacial score (nSPS) is 18.1. The molecule has 124 valence electrons. The number of halogens is 1. The molecular formula is C18H17FN2O2S. The summed E-state index contributed by atoms with van der Waals surface area (Å²) >= 11 is 0. The predicted molar refractivity (Wildman–Crippen MR) is 90.6 cm³/mol. The standard InChI is InChI=1S/C18H17FN2O2S/c1-2-6-14-11-18(16-8-3-4-9-17(16)19)21(13-14)24(22,23)15-7-5-10-20-12-15/h3-5,7-13H,2,6H2,1H3/i1D3,5D,6D2,7D,10D,12D. The Morgan fingerprint density at radius 2 is 2.25 bits per heavy atom. The molecule has 0 aliphatic heterocycles. The first kappa shape index (κ1) is 8.58. The minimum absolute atomic E-state index is 0.258. The molecular weight excluding hydrogens is 327 g/mol. The summed E-state index contributed by atoms with van der Waals surface area (Å²) in [4.78, 5) is 2.33. The van der Waals surface area contributed by atoms with Crippen LogP contribution in [0.2, 0.25) is 0 Å². The van der Waals surface area contributed by atoms with Crippen molar-refractivity contribution in [2.24, 2.45) is 0 Å². The van der Waals surface area contributed by atoms with Crippen molar-refractivity contribution in [2.45, 2.75) is 24.5 Å². The Kier molecular flexibility index (Phi) is 2.35. The quantitative estimate of drug-likeness (QED) is 0.699. The molecule has 0 aliphatic carbocycles. The molecule has 0 amide bonds. The molecule has 2 heterocycles. The van der Waals surface area contributed by atoms with Crippen molar-refractivity contribution in [1.29, 1.82) is 0 Å². The van der Waals surface area contributed by atoms with E-state index in [1.165, 1.54) is 18.2 Å². The van der Waals surface area contributed by atoms with Gasteiger partial charge in [-0.25, -0.2) is 16.8 Å². The zero-order valence-electron chi connectivity index (χ0n) is 21.2. The first-order valence-electron chi connectivity index (χ1n) is 11.2. The van der Waals surface area contributed by atoms with Gasteiger partial charge in [0.2, 0.25) is 0 Å². The maximum atomic E-state index is 14.6. The predicted octanol–water partition coefficient (Wildman–Crippen LogP) is 3.88. The van der Waals surface area contributed by atoms with E-state index in [1.54, 1.807) is 0 Å². The van der Waals surface area contributed by atoms with Gasteiger partial charge >= 0.3 is 0 Å². The van der Waals surface area contributed by atoms with Crippen molar-refractivity contribution in [2.75, 3.05) is 0 Å². The molecule has 0 fully saturated rings. The molecule has 2 aromatic heterocycles. The van der Waals surface area contributed by atoms with Gasteiger partial charge in [0.25, 0.3) is 10.0 Å². The van der Waals surface area contributed by atoms with Crippen LogP contribution >= 0.6 is 0 Å². The number of nitrogens with zero attached hydrogens (tertiary/aromatic N) is 2. The summed E-state index contributed by atoms with van der Waals surface area (Å²) in [6.07, 6.45) is -4.49. The molecule has 6 heteroatoms. The minimum atomic E-state index is -4.92. The maximum Gasteiger partial charge on any atom is 0.269 e. The van der Waals surface area contributed by atoms with E-state index < -0.39 is 64.8 Å². The van der Waals surface area contributed by atoms with Gasteiger partial charge in [0.1, 0.15) is 10.7 Å². The van der Waals surface area contributed by atoms with Crippen LogP contribution in [0.1, 0.15) is 31.2 Å². The van der Waals surface area contributed by atoms with Crippen LogP contribution in [0.5, 0.6) is 0 Å². The topological polar surface area (TPSA) is 52.0 Å². The van der Waals surface area contributed by atoms with Crippen LogP contribution in [0.4, 0.5) is 4.39 Å². The van der Waals surface area contributed by atoms with Crippen molar-refractivity contribution in [3.05, 3.63) is 72.3 Å². The summed E-state index contributed by atoms with van der Waals surface area (Å²) in [5.74, 6) is -0.854. The van der Waals surface area contributed by atoms with E-state index in [-0.39, 0.29) is 16.8 Å². The number of aromatic nitrogens is 2. The molecule has 0 saturated carbocycles. The Morgan fingerprint density at radius 1 is 1.42 bits per heavy atom. The number of rotatable bonds is 5. The van der Waals surface area contributed by atoms with Crippen molar-refractivity contribution in [3.8, 4) is 11.3 Å². The Morgan fingerprint density at radius 3 is 3.04 bits per heavy atom. The Hall–Kier alpha value is -2.47. The summed E-state index contributed by atoms with van der Waals surface area (Å²) in [5, 5.41) is 0. The lowest BCUT2D eigenvalue weighted by Crippen LogP contribution is -2.13. The van der Waals surface area contributed by atoms with E-state index in [0.29, 0.717) is 3.97 Å². The van der Waals surface area contributed by atoms with Crippen molar-refractivity contribution in [3.63, 3.8) is 0 Å². The highest BCUT2D eigenvalue weighted by Gasteiger charge is 2.23. The summed E-state index contributed by atoms with van der Waals surface area (Å²) < 4.78 is 111. The van der Waals surface area contributed by atoms with Crippen molar-refractivity contribution in [1.82, 2.24) is 8.96 Å². The van der Waals surface area contributed by atoms with Gasteiger partial charge in [-0.2, -0.15) is 0 Å².